The highest BCUT2D eigenvalue weighted by Crippen LogP contribution is 2.40. The zero-order valence-electron chi connectivity index (χ0n) is 14.5. The fraction of sp³-hybridized carbons (Fsp3) is 0.250. The van der Waals surface area contributed by atoms with Crippen molar-refractivity contribution < 1.29 is 14.7 Å². The summed E-state index contributed by atoms with van der Waals surface area (Å²) in [4.78, 5) is 31.0. The van der Waals surface area contributed by atoms with Crippen molar-refractivity contribution in [2.75, 3.05) is 4.90 Å². The normalized spacial score (nSPS) is 17.3. The molecule has 1 unspecified atom stereocenters. The van der Waals surface area contributed by atoms with Crippen LogP contribution in [0.5, 0.6) is 0 Å². The van der Waals surface area contributed by atoms with Crippen LogP contribution in [-0.4, -0.2) is 21.8 Å². The number of amides is 1. The highest BCUT2D eigenvalue weighted by Gasteiger charge is 2.44. The minimum absolute atomic E-state index is 0.115. The van der Waals surface area contributed by atoms with Crippen LogP contribution in [0.1, 0.15) is 36.2 Å². The summed E-state index contributed by atoms with van der Waals surface area (Å²) in [6.45, 7) is 5.66. The Morgan fingerprint density at radius 1 is 1.20 bits per heavy atom. The van der Waals surface area contributed by atoms with E-state index in [4.69, 9.17) is 0 Å². The summed E-state index contributed by atoms with van der Waals surface area (Å²) < 4.78 is 0. The third-order valence-corrected chi connectivity index (χ3v) is 4.57. The molecule has 1 amide bonds. The Morgan fingerprint density at radius 2 is 1.96 bits per heavy atom. The lowest BCUT2D eigenvalue weighted by molar-refractivity contribution is -0.118. The van der Waals surface area contributed by atoms with Crippen LogP contribution in [0.15, 0.2) is 53.9 Å². The molecule has 5 heteroatoms. The minimum atomic E-state index is -0.719. The van der Waals surface area contributed by atoms with Gasteiger partial charge in [0, 0.05) is 18.3 Å². The van der Waals surface area contributed by atoms with Gasteiger partial charge in [0.05, 0.1) is 11.3 Å². The van der Waals surface area contributed by atoms with Gasteiger partial charge in [0.1, 0.15) is 6.04 Å². The van der Waals surface area contributed by atoms with Gasteiger partial charge in [-0.05, 0) is 49.2 Å². The summed E-state index contributed by atoms with van der Waals surface area (Å²) in [6.07, 6.45) is 1.82. The molecule has 0 spiro atoms. The molecule has 0 saturated heterocycles. The van der Waals surface area contributed by atoms with Gasteiger partial charge >= 0.3 is 0 Å². The van der Waals surface area contributed by atoms with E-state index in [-0.39, 0.29) is 17.8 Å². The van der Waals surface area contributed by atoms with Crippen LogP contribution < -0.4 is 4.90 Å². The molecule has 1 aliphatic rings. The summed E-state index contributed by atoms with van der Waals surface area (Å²) in [5, 5.41) is 10.4. The first kappa shape index (κ1) is 16.9. The zero-order valence-corrected chi connectivity index (χ0v) is 14.5. The molecular formula is C20H20N2O3. The highest BCUT2D eigenvalue weighted by molar-refractivity contribution is 6.16. The maximum absolute atomic E-state index is 12.8. The Bertz CT molecular complexity index is 872. The lowest BCUT2D eigenvalue weighted by atomic mass is 9.98. The van der Waals surface area contributed by atoms with Crippen LogP contribution in [0.4, 0.5) is 5.69 Å². The lowest BCUT2D eigenvalue weighted by Gasteiger charge is -2.26. The number of aliphatic hydroxyl groups is 1. The van der Waals surface area contributed by atoms with Crippen molar-refractivity contribution in [3.05, 3.63) is 70.7 Å². The second kappa shape index (κ2) is 6.51. The number of carbonyl (C=O) groups is 2. The average molecular weight is 336 g/mol. The zero-order chi connectivity index (χ0) is 18.1. The van der Waals surface area contributed by atoms with Gasteiger partial charge in [0.15, 0.2) is 11.5 Å². The second-order valence-electron chi connectivity index (χ2n) is 6.14. The molecule has 0 saturated carbocycles. The molecule has 0 radical (unpaired) electrons. The van der Waals surface area contributed by atoms with Gasteiger partial charge in [-0.3, -0.25) is 19.5 Å². The van der Waals surface area contributed by atoms with E-state index in [1.54, 1.807) is 31.3 Å². The van der Waals surface area contributed by atoms with Crippen LogP contribution in [-0.2, 0) is 9.59 Å². The summed E-state index contributed by atoms with van der Waals surface area (Å²) in [6, 6.07) is 10.2. The van der Waals surface area contributed by atoms with Gasteiger partial charge in [-0.15, -0.1) is 0 Å². The summed E-state index contributed by atoms with van der Waals surface area (Å²) in [5.74, 6) is -1.32. The Hall–Kier alpha value is -2.95. The second-order valence-corrected chi connectivity index (χ2v) is 6.14. The first-order chi connectivity index (χ1) is 12.0. The van der Waals surface area contributed by atoms with E-state index in [0.717, 1.165) is 11.1 Å². The van der Waals surface area contributed by atoms with Crippen molar-refractivity contribution in [2.45, 2.75) is 33.2 Å². The van der Waals surface area contributed by atoms with Crippen LogP contribution in [0.2, 0.25) is 0 Å². The van der Waals surface area contributed by atoms with Gasteiger partial charge in [0.25, 0.3) is 5.91 Å². The van der Waals surface area contributed by atoms with Crippen molar-refractivity contribution in [2.24, 2.45) is 0 Å². The molecule has 1 N–H and O–H groups in total. The van der Waals surface area contributed by atoms with Gasteiger partial charge in [-0.1, -0.05) is 19.1 Å². The van der Waals surface area contributed by atoms with Crippen molar-refractivity contribution in [1.82, 2.24) is 4.98 Å². The van der Waals surface area contributed by atoms with Crippen molar-refractivity contribution in [3.8, 4) is 0 Å². The molecule has 0 fully saturated rings. The first-order valence-corrected chi connectivity index (χ1v) is 8.23. The highest BCUT2D eigenvalue weighted by atomic mass is 16.3. The molecule has 1 aromatic carbocycles. The molecule has 1 aliphatic heterocycles. The molecule has 25 heavy (non-hydrogen) atoms. The predicted molar refractivity (Wildman–Crippen MR) is 95.3 cm³/mol. The summed E-state index contributed by atoms with van der Waals surface area (Å²) in [7, 11) is 0. The fourth-order valence-electron chi connectivity index (χ4n) is 3.04. The number of aromatic nitrogens is 1. The topological polar surface area (TPSA) is 70.5 Å². The maximum atomic E-state index is 12.8. The number of nitrogens with zero attached hydrogens (tertiary/aromatic N) is 2. The molecule has 1 aromatic heterocycles. The molecule has 128 valence electrons. The number of aryl methyl sites for hydroxylation is 2. The van der Waals surface area contributed by atoms with E-state index in [9.17, 15) is 14.7 Å². The molecule has 0 aliphatic carbocycles. The number of hydrogen-bond donors (Lipinski definition) is 1. The largest absolute Gasteiger partial charge is 0.503 e. The molecular weight excluding hydrogens is 316 g/mol. The Labute approximate surface area is 146 Å². The SMILES string of the molecule is CCC(=O)C1=C(O)C(=O)N(c2ccc(C)c(C)c2)C1c1ccccn1. The Balaban J connectivity index is 2.18. The van der Waals surface area contributed by atoms with E-state index in [1.165, 1.54) is 4.90 Å². The van der Waals surface area contributed by atoms with Crippen LogP contribution in [0.25, 0.3) is 0 Å². The number of hydrogen-bond acceptors (Lipinski definition) is 4. The number of aliphatic hydroxyl groups excluding tert-OH is 1. The van der Waals surface area contributed by atoms with E-state index in [0.29, 0.717) is 11.4 Å². The minimum Gasteiger partial charge on any atom is -0.503 e. The van der Waals surface area contributed by atoms with Crippen molar-refractivity contribution >= 4 is 17.4 Å². The monoisotopic (exact) mass is 336 g/mol. The smallest absolute Gasteiger partial charge is 0.294 e. The number of ketones is 1. The third-order valence-electron chi connectivity index (χ3n) is 4.57. The Morgan fingerprint density at radius 3 is 2.56 bits per heavy atom. The number of Topliss-reactive ketones (excluding diaryl/α,β-unsaturated/α-hetero) is 1. The predicted octanol–water partition coefficient (Wildman–Crippen LogP) is 3.58. The molecule has 0 bridgehead atoms. The van der Waals surface area contributed by atoms with Gasteiger partial charge in [-0.2, -0.15) is 0 Å². The van der Waals surface area contributed by atoms with Crippen LogP contribution >= 0.6 is 0 Å². The third kappa shape index (κ3) is 2.82. The number of anilines is 1. The number of benzene rings is 1. The summed E-state index contributed by atoms with van der Waals surface area (Å²) >= 11 is 0. The number of rotatable bonds is 4. The molecule has 2 aromatic rings. The van der Waals surface area contributed by atoms with Crippen molar-refractivity contribution in [1.29, 1.82) is 0 Å². The standard InChI is InChI=1S/C20H20N2O3/c1-4-16(23)17-18(15-7-5-6-10-21-15)22(20(25)19(17)24)14-9-8-12(2)13(3)11-14/h5-11,18,24H,4H2,1-3H3. The number of pyridine rings is 1. The molecule has 1 atom stereocenters. The molecule has 5 nitrogen and oxygen atoms in total. The Kier molecular flexibility index (Phi) is 4.40. The van der Waals surface area contributed by atoms with Gasteiger partial charge < -0.3 is 5.11 Å². The van der Waals surface area contributed by atoms with Crippen molar-refractivity contribution in [3.63, 3.8) is 0 Å². The van der Waals surface area contributed by atoms with E-state index in [2.05, 4.69) is 4.98 Å². The fourth-order valence-corrected chi connectivity index (χ4v) is 3.04. The average Bonchev–Trinajstić information content (AvgIpc) is 2.89. The van der Waals surface area contributed by atoms with Crippen LogP contribution in [0.3, 0.4) is 0 Å². The maximum Gasteiger partial charge on any atom is 0.294 e. The molecule has 3 rings (SSSR count). The van der Waals surface area contributed by atoms with E-state index < -0.39 is 17.7 Å². The number of carbonyl (C=O) groups excluding carboxylic acids is 2. The van der Waals surface area contributed by atoms with E-state index >= 15 is 0 Å². The first-order valence-electron chi connectivity index (χ1n) is 8.23. The molecule has 2 heterocycles. The van der Waals surface area contributed by atoms with E-state index in [1.807, 2.05) is 32.0 Å². The van der Waals surface area contributed by atoms with Gasteiger partial charge in [0.2, 0.25) is 0 Å². The summed E-state index contributed by atoms with van der Waals surface area (Å²) in [5.41, 5.74) is 3.43. The van der Waals surface area contributed by atoms with Crippen LogP contribution in [0, 0.1) is 13.8 Å². The quantitative estimate of drug-likeness (QED) is 0.926. The lowest BCUT2D eigenvalue weighted by Crippen LogP contribution is -2.31. The van der Waals surface area contributed by atoms with Gasteiger partial charge in [-0.25, -0.2) is 0 Å².